The first kappa shape index (κ1) is 16.3. The molecule has 0 radical (unpaired) electrons. The molecule has 0 saturated carbocycles. The second kappa shape index (κ2) is 7.29. The van der Waals surface area contributed by atoms with Crippen LogP contribution in [0.3, 0.4) is 0 Å². The van der Waals surface area contributed by atoms with E-state index in [4.69, 9.17) is 4.74 Å². The fraction of sp³-hybridized carbons (Fsp3) is 0.529. The number of ether oxygens (including phenoxy) is 1. The lowest BCUT2D eigenvalue weighted by molar-refractivity contribution is -0.124. The van der Waals surface area contributed by atoms with E-state index >= 15 is 0 Å². The molecule has 1 aliphatic heterocycles. The molecule has 2 N–H and O–H groups in total. The van der Waals surface area contributed by atoms with Crippen LogP contribution < -0.4 is 15.4 Å². The SMILES string of the molecule is CCCCCCCC1(c2ccccc2OC)NC(=O)NC1=O. The second-order valence-electron chi connectivity index (χ2n) is 5.68. The first-order valence-electron chi connectivity index (χ1n) is 7.91. The molecule has 22 heavy (non-hydrogen) atoms. The van der Waals surface area contributed by atoms with Gasteiger partial charge in [-0.15, -0.1) is 0 Å². The highest BCUT2D eigenvalue weighted by molar-refractivity contribution is 6.07. The van der Waals surface area contributed by atoms with Crippen LogP contribution in [0, 0.1) is 0 Å². The summed E-state index contributed by atoms with van der Waals surface area (Å²) < 4.78 is 5.38. The molecular formula is C17H24N2O3. The maximum absolute atomic E-state index is 12.4. The third kappa shape index (κ3) is 3.24. The molecule has 1 aromatic rings. The van der Waals surface area contributed by atoms with Crippen molar-refractivity contribution >= 4 is 11.9 Å². The average Bonchev–Trinajstić information content (AvgIpc) is 2.82. The van der Waals surface area contributed by atoms with E-state index in [1.54, 1.807) is 7.11 Å². The Morgan fingerprint density at radius 2 is 1.82 bits per heavy atom. The number of imide groups is 1. The number of rotatable bonds is 8. The molecule has 1 fully saturated rings. The Morgan fingerprint density at radius 1 is 1.09 bits per heavy atom. The summed E-state index contributed by atoms with van der Waals surface area (Å²) in [6, 6.07) is 6.92. The summed E-state index contributed by atoms with van der Waals surface area (Å²) in [5.74, 6) is 0.325. The molecule has 0 bridgehead atoms. The molecule has 5 nitrogen and oxygen atoms in total. The molecule has 1 heterocycles. The highest BCUT2D eigenvalue weighted by atomic mass is 16.5. The number of methoxy groups -OCH3 is 1. The standard InChI is InChI=1S/C17H24N2O3/c1-3-4-5-6-9-12-17(15(20)18-16(21)19-17)13-10-7-8-11-14(13)22-2/h7-8,10-11H,3-6,9,12H2,1-2H3,(H2,18,19,20,21). The molecule has 1 aromatic carbocycles. The first-order valence-corrected chi connectivity index (χ1v) is 7.91. The maximum Gasteiger partial charge on any atom is 0.322 e. The van der Waals surface area contributed by atoms with Crippen LogP contribution in [0.5, 0.6) is 5.75 Å². The minimum absolute atomic E-state index is 0.294. The molecule has 1 unspecified atom stereocenters. The Kier molecular flexibility index (Phi) is 5.41. The zero-order chi connectivity index (χ0) is 16.0. The van der Waals surface area contributed by atoms with Gasteiger partial charge in [-0.25, -0.2) is 4.79 Å². The molecule has 1 atom stereocenters. The third-order valence-electron chi connectivity index (χ3n) is 4.16. The van der Waals surface area contributed by atoms with Crippen LogP contribution in [0.4, 0.5) is 4.79 Å². The molecule has 120 valence electrons. The van der Waals surface area contributed by atoms with E-state index in [2.05, 4.69) is 17.6 Å². The Labute approximate surface area is 131 Å². The zero-order valence-corrected chi connectivity index (χ0v) is 13.3. The number of nitrogens with one attached hydrogen (secondary N) is 2. The average molecular weight is 304 g/mol. The number of carbonyl (C=O) groups is 2. The van der Waals surface area contributed by atoms with Crippen LogP contribution in [0.25, 0.3) is 0 Å². The summed E-state index contributed by atoms with van der Waals surface area (Å²) in [6.45, 7) is 2.17. The van der Waals surface area contributed by atoms with E-state index in [0.29, 0.717) is 12.2 Å². The molecule has 3 amide bonds. The topological polar surface area (TPSA) is 67.4 Å². The van der Waals surface area contributed by atoms with Crippen LogP contribution in [-0.2, 0) is 10.3 Å². The summed E-state index contributed by atoms with van der Waals surface area (Å²) in [5.41, 5.74) is -0.299. The molecule has 1 saturated heterocycles. The van der Waals surface area contributed by atoms with E-state index < -0.39 is 11.6 Å². The molecule has 5 heteroatoms. The van der Waals surface area contributed by atoms with E-state index in [0.717, 1.165) is 24.8 Å². The van der Waals surface area contributed by atoms with Crippen LogP contribution in [0.2, 0.25) is 0 Å². The van der Waals surface area contributed by atoms with Gasteiger partial charge < -0.3 is 10.1 Å². The van der Waals surface area contributed by atoms with E-state index in [1.165, 1.54) is 12.8 Å². The van der Waals surface area contributed by atoms with Gasteiger partial charge in [0.1, 0.15) is 11.3 Å². The van der Waals surface area contributed by atoms with Gasteiger partial charge in [0, 0.05) is 5.56 Å². The van der Waals surface area contributed by atoms with Gasteiger partial charge in [-0.1, -0.05) is 57.2 Å². The van der Waals surface area contributed by atoms with Crippen LogP contribution >= 0.6 is 0 Å². The van der Waals surface area contributed by atoms with Crippen molar-refractivity contribution < 1.29 is 14.3 Å². The Bertz CT molecular complexity index is 544. The fourth-order valence-electron chi connectivity index (χ4n) is 2.98. The second-order valence-corrected chi connectivity index (χ2v) is 5.68. The van der Waals surface area contributed by atoms with E-state index in [1.807, 2.05) is 24.3 Å². The maximum atomic E-state index is 12.4. The largest absolute Gasteiger partial charge is 0.496 e. The molecule has 0 aromatic heterocycles. The predicted molar refractivity (Wildman–Crippen MR) is 84.7 cm³/mol. The fourth-order valence-corrected chi connectivity index (χ4v) is 2.98. The number of amides is 3. The molecule has 0 spiro atoms. The van der Waals surface area contributed by atoms with Gasteiger partial charge in [-0.05, 0) is 12.5 Å². The van der Waals surface area contributed by atoms with Crippen molar-refractivity contribution in [1.29, 1.82) is 0 Å². The number of urea groups is 1. The van der Waals surface area contributed by atoms with Gasteiger partial charge in [0.05, 0.1) is 7.11 Å². The Morgan fingerprint density at radius 3 is 2.45 bits per heavy atom. The van der Waals surface area contributed by atoms with Crippen LogP contribution in [0.1, 0.15) is 51.0 Å². The normalized spacial score (nSPS) is 20.6. The summed E-state index contributed by atoms with van der Waals surface area (Å²) >= 11 is 0. The number of hydrogen-bond acceptors (Lipinski definition) is 3. The molecule has 1 aliphatic rings. The van der Waals surface area contributed by atoms with Crippen molar-refractivity contribution in [3.63, 3.8) is 0 Å². The Balaban J connectivity index is 2.23. The van der Waals surface area contributed by atoms with Crippen molar-refractivity contribution in [3.05, 3.63) is 29.8 Å². The van der Waals surface area contributed by atoms with E-state index in [-0.39, 0.29) is 5.91 Å². The first-order chi connectivity index (χ1) is 10.6. The van der Waals surface area contributed by atoms with Gasteiger partial charge in [0.15, 0.2) is 0 Å². The lowest BCUT2D eigenvalue weighted by atomic mass is 9.84. The quantitative estimate of drug-likeness (QED) is 0.573. The smallest absolute Gasteiger partial charge is 0.322 e. The molecule has 0 aliphatic carbocycles. The molecule has 2 rings (SSSR count). The van der Waals surface area contributed by atoms with Gasteiger partial charge >= 0.3 is 6.03 Å². The molecular weight excluding hydrogens is 280 g/mol. The monoisotopic (exact) mass is 304 g/mol. The minimum Gasteiger partial charge on any atom is -0.496 e. The highest BCUT2D eigenvalue weighted by Crippen LogP contribution is 2.36. The highest BCUT2D eigenvalue weighted by Gasteiger charge is 2.48. The van der Waals surface area contributed by atoms with Gasteiger partial charge in [0.2, 0.25) is 0 Å². The number of benzene rings is 1. The lowest BCUT2D eigenvalue weighted by Crippen LogP contribution is -2.44. The summed E-state index contributed by atoms with van der Waals surface area (Å²) in [5, 5.41) is 5.18. The number of hydrogen-bond donors (Lipinski definition) is 2. The van der Waals surface area contributed by atoms with Crippen molar-refractivity contribution in [2.75, 3.05) is 7.11 Å². The van der Waals surface area contributed by atoms with Gasteiger partial charge in [-0.2, -0.15) is 0 Å². The summed E-state index contributed by atoms with van der Waals surface area (Å²) in [6.07, 6.45) is 6.03. The number of carbonyl (C=O) groups excluding carboxylic acids is 2. The van der Waals surface area contributed by atoms with Crippen LogP contribution in [0.15, 0.2) is 24.3 Å². The van der Waals surface area contributed by atoms with Crippen molar-refractivity contribution in [1.82, 2.24) is 10.6 Å². The Hall–Kier alpha value is -2.04. The third-order valence-corrected chi connectivity index (χ3v) is 4.16. The zero-order valence-electron chi connectivity index (χ0n) is 13.3. The predicted octanol–water partition coefficient (Wildman–Crippen LogP) is 3.09. The number of para-hydroxylation sites is 1. The summed E-state index contributed by atoms with van der Waals surface area (Å²) in [7, 11) is 1.57. The minimum atomic E-state index is -1.02. The van der Waals surface area contributed by atoms with Crippen molar-refractivity contribution in [2.45, 2.75) is 51.0 Å². The van der Waals surface area contributed by atoms with E-state index in [9.17, 15) is 9.59 Å². The van der Waals surface area contributed by atoms with Gasteiger partial charge in [-0.3, -0.25) is 10.1 Å². The van der Waals surface area contributed by atoms with Crippen LogP contribution in [-0.4, -0.2) is 19.0 Å². The van der Waals surface area contributed by atoms with Gasteiger partial charge in [0.25, 0.3) is 5.91 Å². The van der Waals surface area contributed by atoms with Crippen molar-refractivity contribution in [3.8, 4) is 5.75 Å². The number of unbranched alkanes of at least 4 members (excludes halogenated alkanes) is 4. The van der Waals surface area contributed by atoms with Crippen molar-refractivity contribution in [2.24, 2.45) is 0 Å². The summed E-state index contributed by atoms with van der Waals surface area (Å²) in [4.78, 5) is 24.1. The lowest BCUT2D eigenvalue weighted by Gasteiger charge is -2.28.